The lowest BCUT2D eigenvalue weighted by Crippen LogP contribution is -2.23. The zero-order valence-electron chi connectivity index (χ0n) is 12.4. The Morgan fingerprint density at radius 1 is 1.27 bits per heavy atom. The summed E-state index contributed by atoms with van der Waals surface area (Å²) in [6, 6.07) is 7.75. The molecule has 116 valence electrons. The van der Waals surface area contributed by atoms with Gasteiger partial charge in [-0.3, -0.25) is 9.59 Å². The molecule has 0 saturated carbocycles. The largest absolute Gasteiger partial charge is 0.380 e. The molecule has 7 heteroatoms. The molecule has 1 heterocycles. The van der Waals surface area contributed by atoms with Crippen molar-refractivity contribution in [3.8, 4) is 0 Å². The highest BCUT2D eigenvalue weighted by Crippen LogP contribution is 2.15. The van der Waals surface area contributed by atoms with E-state index >= 15 is 0 Å². The first-order chi connectivity index (χ1) is 10.6. The van der Waals surface area contributed by atoms with Crippen molar-refractivity contribution < 1.29 is 14.3 Å². The molecule has 22 heavy (non-hydrogen) atoms. The number of ether oxygens (including phenoxy) is 1. The predicted molar refractivity (Wildman–Crippen MR) is 84.7 cm³/mol. The fourth-order valence-electron chi connectivity index (χ4n) is 1.88. The van der Waals surface area contributed by atoms with Gasteiger partial charge >= 0.3 is 0 Å². The van der Waals surface area contributed by atoms with Gasteiger partial charge in [-0.25, -0.2) is 4.98 Å². The Labute approximate surface area is 132 Å². The molecule has 0 atom stereocenters. The van der Waals surface area contributed by atoms with E-state index in [0.29, 0.717) is 18.3 Å². The van der Waals surface area contributed by atoms with Crippen LogP contribution in [0.2, 0.25) is 0 Å². The fourth-order valence-corrected chi connectivity index (χ4v) is 2.62. The van der Waals surface area contributed by atoms with Gasteiger partial charge in [0, 0.05) is 26.0 Å². The van der Waals surface area contributed by atoms with Crippen LogP contribution in [0.15, 0.2) is 29.6 Å². The SMILES string of the molecule is COCc1ccccc1CNC(=O)c1csc(NC(C)=O)n1. The molecule has 0 unspecified atom stereocenters. The fraction of sp³-hybridized carbons (Fsp3) is 0.267. The summed E-state index contributed by atoms with van der Waals surface area (Å²) >= 11 is 1.22. The average molecular weight is 319 g/mol. The standard InChI is InChI=1S/C15H17N3O3S/c1-10(19)17-15-18-13(9-22-15)14(20)16-7-11-5-3-4-6-12(11)8-21-2/h3-6,9H,7-8H2,1-2H3,(H,16,20)(H,17,18,19). The summed E-state index contributed by atoms with van der Waals surface area (Å²) in [5.41, 5.74) is 2.32. The molecule has 0 aliphatic carbocycles. The lowest BCUT2D eigenvalue weighted by atomic mass is 10.1. The van der Waals surface area contributed by atoms with Crippen LogP contribution < -0.4 is 10.6 Å². The second kappa shape index (κ2) is 7.67. The van der Waals surface area contributed by atoms with Crippen LogP contribution in [0.1, 0.15) is 28.5 Å². The Hall–Kier alpha value is -2.25. The van der Waals surface area contributed by atoms with Crippen LogP contribution in [0, 0.1) is 0 Å². The number of hydrogen-bond acceptors (Lipinski definition) is 5. The minimum Gasteiger partial charge on any atom is -0.380 e. The van der Waals surface area contributed by atoms with Crippen molar-refractivity contribution in [3.63, 3.8) is 0 Å². The maximum absolute atomic E-state index is 12.1. The van der Waals surface area contributed by atoms with E-state index < -0.39 is 0 Å². The number of carbonyl (C=O) groups excluding carboxylic acids is 2. The van der Waals surface area contributed by atoms with Crippen LogP contribution in [-0.2, 0) is 22.7 Å². The minimum atomic E-state index is -0.278. The van der Waals surface area contributed by atoms with E-state index in [2.05, 4.69) is 15.6 Å². The summed E-state index contributed by atoms with van der Waals surface area (Å²) in [6.45, 7) is 2.29. The number of methoxy groups -OCH3 is 1. The number of nitrogens with one attached hydrogen (secondary N) is 2. The average Bonchev–Trinajstić information content (AvgIpc) is 2.94. The molecule has 2 amide bonds. The monoisotopic (exact) mass is 319 g/mol. The van der Waals surface area contributed by atoms with Gasteiger partial charge in [0.2, 0.25) is 5.91 Å². The molecular formula is C15H17N3O3S. The van der Waals surface area contributed by atoms with E-state index in [1.807, 2.05) is 24.3 Å². The third kappa shape index (κ3) is 4.37. The Kier molecular flexibility index (Phi) is 5.62. The molecule has 1 aromatic heterocycles. The number of aromatic nitrogens is 1. The van der Waals surface area contributed by atoms with Gasteiger partial charge in [0.1, 0.15) is 5.69 Å². The Morgan fingerprint density at radius 3 is 2.68 bits per heavy atom. The van der Waals surface area contributed by atoms with Gasteiger partial charge in [0.15, 0.2) is 5.13 Å². The molecule has 0 aliphatic heterocycles. The van der Waals surface area contributed by atoms with Gasteiger partial charge in [0.25, 0.3) is 5.91 Å². The van der Waals surface area contributed by atoms with E-state index in [1.165, 1.54) is 18.3 Å². The first-order valence-electron chi connectivity index (χ1n) is 6.67. The summed E-state index contributed by atoms with van der Waals surface area (Å²) in [6.07, 6.45) is 0. The molecular weight excluding hydrogens is 302 g/mol. The minimum absolute atomic E-state index is 0.213. The van der Waals surface area contributed by atoms with E-state index in [1.54, 1.807) is 12.5 Å². The molecule has 0 bridgehead atoms. The van der Waals surface area contributed by atoms with Crippen LogP contribution >= 0.6 is 11.3 Å². The van der Waals surface area contributed by atoms with Crippen molar-refractivity contribution in [2.45, 2.75) is 20.1 Å². The first-order valence-corrected chi connectivity index (χ1v) is 7.55. The van der Waals surface area contributed by atoms with Gasteiger partial charge in [-0.1, -0.05) is 24.3 Å². The van der Waals surface area contributed by atoms with Gasteiger partial charge in [0.05, 0.1) is 6.61 Å². The molecule has 0 spiro atoms. The molecule has 6 nitrogen and oxygen atoms in total. The van der Waals surface area contributed by atoms with Crippen LogP contribution in [0.5, 0.6) is 0 Å². The van der Waals surface area contributed by atoms with Crippen molar-refractivity contribution in [1.82, 2.24) is 10.3 Å². The Bertz CT molecular complexity index is 670. The third-order valence-electron chi connectivity index (χ3n) is 2.88. The summed E-state index contributed by atoms with van der Waals surface area (Å²) in [5.74, 6) is -0.491. The third-order valence-corrected chi connectivity index (χ3v) is 3.64. The topological polar surface area (TPSA) is 80.3 Å². The smallest absolute Gasteiger partial charge is 0.271 e. The lowest BCUT2D eigenvalue weighted by Gasteiger charge is -2.09. The normalized spacial score (nSPS) is 10.3. The predicted octanol–water partition coefficient (Wildman–Crippen LogP) is 2.18. The Balaban J connectivity index is 1.98. The van der Waals surface area contributed by atoms with Gasteiger partial charge in [-0.15, -0.1) is 11.3 Å². The zero-order chi connectivity index (χ0) is 15.9. The van der Waals surface area contributed by atoms with Crippen molar-refractivity contribution >= 4 is 28.3 Å². The highest BCUT2D eigenvalue weighted by atomic mass is 32.1. The number of amides is 2. The number of anilines is 1. The van der Waals surface area contributed by atoms with E-state index in [-0.39, 0.29) is 17.5 Å². The Morgan fingerprint density at radius 2 is 2.00 bits per heavy atom. The van der Waals surface area contributed by atoms with E-state index in [4.69, 9.17) is 4.74 Å². The summed E-state index contributed by atoms with van der Waals surface area (Å²) in [4.78, 5) is 27.1. The molecule has 2 N–H and O–H groups in total. The number of rotatable bonds is 6. The second-order valence-electron chi connectivity index (χ2n) is 4.60. The molecule has 0 radical (unpaired) electrons. The van der Waals surface area contributed by atoms with Crippen molar-refractivity contribution in [3.05, 3.63) is 46.5 Å². The first kappa shape index (κ1) is 16.1. The molecule has 2 rings (SSSR count). The van der Waals surface area contributed by atoms with Gasteiger partial charge in [-0.05, 0) is 11.1 Å². The molecule has 1 aromatic carbocycles. The zero-order valence-corrected chi connectivity index (χ0v) is 13.2. The summed E-state index contributed by atoms with van der Waals surface area (Å²) in [5, 5.41) is 7.40. The highest BCUT2D eigenvalue weighted by molar-refractivity contribution is 7.14. The summed E-state index contributed by atoms with van der Waals surface area (Å²) in [7, 11) is 1.63. The molecule has 2 aromatic rings. The maximum Gasteiger partial charge on any atom is 0.271 e. The molecule has 0 saturated heterocycles. The molecule has 0 aliphatic rings. The number of nitrogens with zero attached hydrogens (tertiary/aromatic N) is 1. The van der Waals surface area contributed by atoms with Crippen LogP contribution in [0.4, 0.5) is 5.13 Å². The quantitative estimate of drug-likeness (QED) is 0.855. The van der Waals surface area contributed by atoms with Crippen molar-refractivity contribution in [2.24, 2.45) is 0 Å². The number of carbonyl (C=O) groups is 2. The van der Waals surface area contributed by atoms with Crippen LogP contribution in [0.3, 0.4) is 0 Å². The number of hydrogen-bond donors (Lipinski definition) is 2. The van der Waals surface area contributed by atoms with E-state index in [0.717, 1.165) is 11.1 Å². The summed E-state index contributed by atoms with van der Waals surface area (Å²) < 4.78 is 5.14. The van der Waals surface area contributed by atoms with E-state index in [9.17, 15) is 9.59 Å². The highest BCUT2D eigenvalue weighted by Gasteiger charge is 2.12. The molecule has 0 fully saturated rings. The maximum atomic E-state index is 12.1. The van der Waals surface area contributed by atoms with Crippen molar-refractivity contribution in [1.29, 1.82) is 0 Å². The number of benzene rings is 1. The number of thiazole rings is 1. The second-order valence-corrected chi connectivity index (χ2v) is 5.46. The van der Waals surface area contributed by atoms with Gasteiger partial charge in [-0.2, -0.15) is 0 Å². The van der Waals surface area contributed by atoms with Crippen LogP contribution in [0.25, 0.3) is 0 Å². The van der Waals surface area contributed by atoms with Crippen molar-refractivity contribution in [2.75, 3.05) is 12.4 Å². The van der Waals surface area contributed by atoms with Crippen LogP contribution in [-0.4, -0.2) is 23.9 Å². The lowest BCUT2D eigenvalue weighted by molar-refractivity contribution is -0.114. The van der Waals surface area contributed by atoms with Gasteiger partial charge < -0.3 is 15.4 Å².